The van der Waals surface area contributed by atoms with Gasteiger partial charge in [-0.05, 0) is 41.8 Å². The van der Waals surface area contributed by atoms with Crippen LogP contribution in [0, 0.1) is 0 Å². The van der Waals surface area contributed by atoms with Gasteiger partial charge in [-0.25, -0.2) is 0 Å². The molecule has 1 aliphatic rings. The summed E-state index contributed by atoms with van der Waals surface area (Å²) in [6.45, 7) is 0. The van der Waals surface area contributed by atoms with Crippen molar-refractivity contribution in [2.75, 3.05) is 7.11 Å². The highest BCUT2D eigenvalue weighted by molar-refractivity contribution is 9.10. The average molecular weight is 335 g/mol. The molecule has 3 nitrogen and oxygen atoms in total. The quantitative estimate of drug-likeness (QED) is 0.918. The molecule has 4 heteroatoms. The third-order valence-corrected chi connectivity index (χ3v) is 4.75. The molecule has 1 aliphatic carbocycles. The van der Waals surface area contributed by atoms with Crippen LogP contribution in [-0.2, 0) is 10.2 Å². The van der Waals surface area contributed by atoms with Crippen molar-refractivity contribution in [3.8, 4) is 5.75 Å². The lowest BCUT2D eigenvalue weighted by Gasteiger charge is -2.39. The molecule has 0 aliphatic heterocycles. The second kappa shape index (κ2) is 4.77. The Bertz CT molecular complexity index is 689. The third-order valence-electron chi connectivity index (χ3n) is 4.26. The van der Waals surface area contributed by atoms with E-state index < -0.39 is 11.4 Å². The maximum Gasteiger partial charge on any atom is 0.314 e. The van der Waals surface area contributed by atoms with E-state index in [0.717, 1.165) is 27.2 Å². The molecule has 20 heavy (non-hydrogen) atoms. The number of benzene rings is 2. The smallest absolute Gasteiger partial charge is 0.314 e. The van der Waals surface area contributed by atoms with E-state index in [0.29, 0.717) is 18.6 Å². The third kappa shape index (κ3) is 1.82. The lowest BCUT2D eigenvalue weighted by molar-refractivity contribution is -0.147. The van der Waals surface area contributed by atoms with Crippen molar-refractivity contribution < 1.29 is 14.6 Å². The largest absolute Gasteiger partial charge is 0.496 e. The highest BCUT2D eigenvalue weighted by atomic mass is 79.9. The van der Waals surface area contributed by atoms with Crippen molar-refractivity contribution in [3.05, 3.63) is 40.4 Å². The minimum atomic E-state index is -0.793. The summed E-state index contributed by atoms with van der Waals surface area (Å²) in [5.41, 5.74) is 0.0299. The minimum absolute atomic E-state index is 0.668. The van der Waals surface area contributed by atoms with Gasteiger partial charge in [-0.3, -0.25) is 4.79 Å². The molecule has 0 aromatic heterocycles. The van der Waals surface area contributed by atoms with Crippen LogP contribution in [0.5, 0.6) is 5.75 Å². The van der Waals surface area contributed by atoms with Gasteiger partial charge in [0.15, 0.2) is 0 Å². The number of halogens is 1. The first kappa shape index (κ1) is 13.4. The number of carboxylic acids is 1. The van der Waals surface area contributed by atoms with Crippen LogP contribution in [0.4, 0.5) is 0 Å². The number of rotatable bonds is 3. The topological polar surface area (TPSA) is 46.5 Å². The first-order valence-corrected chi connectivity index (χ1v) is 7.38. The van der Waals surface area contributed by atoms with Crippen LogP contribution in [0.3, 0.4) is 0 Å². The molecule has 0 heterocycles. The Kier molecular flexibility index (Phi) is 3.21. The Hall–Kier alpha value is -1.55. The average Bonchev–Trinajstić information content (AvgIpc) is 2.36. The Morgan fingerprint density at radius 3 is 2.60 bits per heavy atom. The number of fused-ring (bicyclic) bond motifs is 1. The van der Waals surface area contributed by atoms with E-state index in [2.05, 4.69) is 15.9 Å². The van der Waals surface area contributed by atoms with E-state index in [4.69, 9.17) is 4.74 Å². The highest BCUT2D eigenvalue weighted by Crippen LogP contribution is 2.50. The Labute approximate surface area is 125 Å². The number of carbonyl (C=O) groups is 1. The summed E-state index contributed by atoms with van der Waals surface area (Å²) >= 11 is 3.46. The van der Waals surface area contributed by atoms with Gasteiger partial charge in [0.05, 0.1) is 12.5 Å². The summed E-state index contributed by atoms with van der Waals surface area (Å²) in [6, 6.07) is 9.76. The van der Waals surface area contributed by atoms with Crippen LogP contribution in [0.2, 0.25) is 0 Å². The second-order valence-electron chi connectivity index (χ2n) is 5.25. The van der Waals surface area contributed by atoms with Crippen LogP contribution >= 0.6 is 15.9 Å². The zero-order valence-corrected chi connectivity index (χ0v) is 12.7. The Morgan fingerprint density at radius 1 is 1.30 bits per heavy atom. The lowest BCUT2D eigenvalue weighted by Crippen LogP contribution is -2.42. The molecule has 2 aromatic carbocycles. The van der Waals surface area contributed by atoms with E-state index in [1.165, 1.54) is 0 Å². The van der Waals surface area contributed by atoms with Crippen molar-refractivity contribution in [3.63, 3.8) is 0 Å². The highest BCUT2D eigenvalue weighted by Gasteiger charge is 2.48. The van der Waals surface area contributed by atoms with Gasteiger partial charge < -0.3 is 9.84 Å². The van der Waals surface area contributed by atoms with Crippen LogP contribution in [0.15, 0.2) is 34.8 Å². The molecule has 1 N–H and O–H groups in total. The van der Waals surface area contributed by atoms with E-state index in [-0.39, 0.29) is 0 Å². The van der Waals surface area contributed by atoms with E-state index in [1.807, 2.05) is 30.3 Å². The molecule has 1 saturated carbocycles. The summed E-state index contributed by atoms with van der Waals surface area (Å²) in [4.78, 5) is 11.8. The van der Waals surface area contributed by atoms with Gasteiger partial charge in [-0.2, -0.15) is 0 Å². The lowest BCUT2D eigenvalue weighted by atomic mass is 9.63. The van der Waals surface area contributed by atoms with Crippen LogP contribution in [-0.4, -0.2) is 18.2 Å². The number of hydrogen-bond acceptors (Lipinski definition) is 2. The summed E-state index contributed by atoms with van der Waals surface area (Å²) < 4.78 is 6.43. The van der Waals surface area contributed by atoms with Gasteiger partial charge in [0, 0.05) is 10.0 Å². The van der Waals surface area contributed by atoms with E-state index in [9.17, 15) is 9.90 Å². The molecule has 0 bridgehead atoms. The number of hydrogen-bond donors (Lipinski definition) is 1. The van der Waals surface area contributed by atoms with Crippen LogP contribution < -0.4 is 4.74 Å². The van der Waals surface area contributed by atoms with Crippen molar-refractivity contribution in [2.24, 2.45) is 0 Å². The van der Waals surface area contributed by atoms with Crippen molar-refractivity contribution in [1.82, 2.24) is 0 Å². The SMILES string of the molecule is COc1ccc2cc(Br)ccc2c1C1(C(=O)O)CCC1. The Morgan fingerprint density at radius 2 is 2.05 bits per heavy atom. The van der Waals surface area contributed by atoms with Crippen LogP contribution in [0.25, 0.3) is 10.8 Å². The molecule has 0 saturated heterocycles. The van der Waals surface area contributed by atoms with Gasteiger partial charge in [-0.1, -0.05) is 34.5 Å². The standard InChI is InChI=1S/C16H15BrO3/c1-20-13-6-3-10-9-11(17)4-5-12(10)14(13)16(15(18)19)7-2-8-16/h3-6,9H,2,7-8H2,1H3,(H,18,19). The monoisotopic (exact) mass is 334 g/mol. The van der Waals surface area contributed by atoms with Crippen LogP contribution in [0.1, 0.15) is 24.8 Å². The molecule has 0 spiro atoms. The predicted molar refractivity (Wildman–Crippen MR) is 81.4 cm³/mol. The molecule has 0 unspecified atom stereocenters. The fourth-order valence-electron chi connectivity index (χ4n) is 3.05. The van der Waals surface area contributed by atoms with Gasteiger partial charge in [-0.15, -0.1) is 0 Å². The molecular formula is C16H15BrO3. The number of ether oxygens (including phenoxy) is 1. The molecule has 0 radical (unpaired) electrons. The molecular weight excluding hydrogens is 320 g/mol. The Balaban J connectivity index is 2.34. The van der Waals surface area contributed by atoms with Gasteiger partial charge in [0.1, 0.15) is 5.75 Å². The number of carboxylic acid groups (broad SMARTS) is 1. The zero-order chi connectivity index (χ0) is 14.3. The molecule has 0 amide bonds. The van der Waals surface area contributed by atoms with Crippen molar-refractivity contribution in [1.29, 1.82) is 0 Å². The first-order valence-electron chi connectivity index (χ1n) is 6.58. The molecule has 3 rings (SSSR count). The van der Waals surface area contributed by atoms with E-state index in [1.54, 1.807) is 7.11 Å². The molecule has 1 fully saturated rings. The second-order valence-corrected chi connectivity index (χ2v) is 6.16. The number of methoxy groups -OCH3 is 1. The van der Waals surface area contributed by atoms with Gasteiger partial charge in [0.2, 0.25) is 0 Å². The molecule has 104 valence electrons. The van der Waals surface area contributed by atoms with Crippen molar-refractivity contribution >= 4 is 32.7 Å². The first-order chi connectivity index (χ1) is 9.58. The normalized spacial score (nSPS) is 16.7. The van der Waals surface area contributed by atoms with Gasteiger partial charge >= 0.3 is 5.97 Å². The zero-order valence-electron chi connectivity index (χ0n) is 11.1. The van der Waals surface area contributed by atoms with E-state index >= 15 is 0 Å². The summed E-state index contributed by atoms with van der Waals surface area (Å²) in [5, 5.41) is 11.7. The fraction of sp³-hybridized carbons (Fsp3) is 0.312. The predicted octanol–water partition coefficient (Wildman–Crippen LogP) is 4.12. The molecule has 2 aromatic rings. The number of aliphatic carboxylic acids is 1. The summed E-state index contributed by atoms with van der Waals surface area (Å²) in [6.07, 6.45) is 2.30. The van der Waals surface area contributed by atoms with Gasteiger partial charge in [0.25, 0.3) is 0 Å². The summed E-state index contributed by atoms with van der Waals surface area (Å²) in [7, 11) is 1.59. The summed E-state index contributed by atoms with van der Waals surface area (Å²) in [5.74, 6) is -0.0839. The molecule has 0 atom stereocenters. The maximum absolute atomic E-state index is 11.8. The maximum atomic E-state index is 11.8. The fourth-order valence-corrected chi connectivity index (χ4v) is 3.42. The minimum Gasteiger partial charge on any atom is -0.496 e. The van der Waals surface area contributed by atoms with Crippen molar-refractivity contribution in [2.45, 2.75) is 24.7 Å².